The molecule has 0 spiro atoms. The largest absolute Gasteiger partial charge is 0.482 e. The molecule has 5 nitrogen and oxygen atoms in total. The van der Waals surface area contributed by atoms with Gasteiger partial charge in [0.2, 0.25) is 0 Å². The molecule has 0 saturated carbocycles. The smallest absolute Gasteiger partial charge is 0.341 e. The van der Waals surface area contributed by atoms with E-state index in [1.165, 1.54) is 12.8 Å². The SMILES string of the molecule is COC1C[C@H]2CC[C@@H](C1)N2Cc1ccccc1OCC(=O)O. The van der Waals surface area contributed by atoms with Crippen molar-refractivity contribution in [2.45, 2.75) is 50.4 Å². The number of rotatable bonds is 6. The molecular weight excluding hydrogens is 282 g/mol. The number of nitrogens with zero attached hydrogens (tertiary/aromatic N) is 1. The van der Waals surface area contributed by atoms with Crippen molar-refractivity contribution < 1.29 is 19.4 Å². The van der Waals surface area contributed by atoms with Gasteiger partial charge in [0.25, 0.3) is 0 Å². The molecule has 22 heavy (non-hydrogen) atoms. The summed E-state index contributed by atoms with van der Waals surface area (Å²) in [7, 11) is 1.80. The topological polar surface area (TPSA) is 59.0 Å². The number of para-hydroxylation sites is 1. The van der Waals surface area contributed by atoms with Crippen molar-refractivity contribution in [3.63, 3.8) is 0 Å². The number of carboxylic acids is 1. The van der Waals surface area contributed by atoms with Crippen LogP contribution < -0.4 is 4.74 Å². The Hall–Kier alpha value is -1.59. The summed E-state index contributed by atoms with van der Waals surface area (Å²) in [4.78, 5) is 13.2. The molecule has 120 valence electrons. The van der Waals surface area contributed by atoms with Crippen LogP contribution in [0.5, 0.6) is 5.75 Å². The molecule has 2 heterocycles. The molecule has 5 heteroatoms. The van der Waals surface area contributed by atoms with Crippen molar-refractivity contribution >= 4 is 5.97 Å². The van der Waals surface area contributed by atoms with Gasteiger partial charge < -0.3 is 14.6 Å². The van der Waals surface area contributed by atoms with Crippen molar-refractivity contribution in [2.75, 3.05) is 13.7 Å². The molecule has 1 aromatic rings. The number of carboxylic acid groups (broad SMARTS) is 1. The minimum atomic E-state index is -0.948. The van der Waals surface area contributed by atoms with E-state index < -0.39 is 5.97 Å². The van der Waals surface area contributed by atoms with Crippen LogP contribution >= 0.6 is 0 Å². The third-order valence-corrected chi connectivity index (χ3v) is 4.85. The summed E-state index contributed by atoms with van der Waals surface area (Å²) in [5.74, 6) is -0.269. The predicted octanol–water partition coefficient (Wildman–Crippen LogP) is 2.29. The summed E-state index contributed by atoms with van der Waals surface area (Å²) in [5.41, 5.74) is 1.07. The zero-order valence-electron chi connectivity index (χ0n) is 12.9. The highest BCUT2D eigenvalue weighted by atomic mass is 16.5. The van der Waals surface area contributed by atoms with Crippen LogP contribution in [-0.4, -0.2) is 47.9 Å². The first-order valence-corrected chi connectivity index (χ1v) is 7.88. The maximum Gasteiger partial charge on any atom is 0.341 e. The van der Waals surface area contributed by atoms with Crippen molar-refractivity contribution in [3.8, 4) is 5.75 Å². The summed E-state index contributed by atoms with van der Waals surface area (Å²) in [6.07, 6.45) is 5.01. The van der Waals surface area contributed by atoms with Crippen LogP contribution in [0.2, 0.25) is 0 Å². The van der Waals surface area contributed by atoms with E-state index in [0.717, 1.165) is 24.9 Å². The number of hydrogen-bond acceptors (Lipinski definition) is 4. The van der Waals surface area contributed by atoms with E-state index in [1.807, 2.05) is 24.3 Å². The van der Waals surface area contributed by atoms with Crippen LogP contribution in [0.3, 0.4) is 0 Å². The Kier molecular flexibility index (Phi) is 4.64. The Labute approximate surface area is 130 Å². The molecular formula is C17H23NO4. The van der Waals surface area contributed by atoms with Crippen LogP contribution in [0.1, 0.15) is 31.2 Å². The van der Waals surface area contributed by atoms with Crippen LogP contribution in [0.15, 0.2) is 24.3 Å². The lowest BCUT2D eigenvalue weighted by atomic mass is 9.98. The van der Waals surface area contributed by atoms with E-state index in [-0.39, 0.29) is 6.61 Å². The maximum atomic E-state index is 10.7. The van der Waals surface area contributed by atoms with Crippen LogP contribution in [0.4, 0.5) is 0 Å². The van der Waals surface area contributed by atoms with Gasteiger partial charge in [-0.1, -0.05) is 18.2 Å². The fraction of sp³-hybridized carbons (Fsp3) is 0.588. The van der Waals surface area contributed by atoms with Crippen molar-refractivity contribution in [3.05, 3.63) is 29.8 Å². The molecule has 0 aromatic heterocycles. The number of fused-ring (bicyclic) bond motifs is 2. The first-order chi connectivity index (χ1) is 10.7. The lowest BCUT2D eigenvalue weighted by Crippen LogP contribution is -2.44. The fourth-order valence-corrected chi connectivity index (χ4v) is 3.79. The second-order valence-electron chi connectivity index (χ2n) is 6.18. The van der Waals surface area contributed by atoms with Crippen LogP contribution in [-0.2, 0) is 16.1 Å². The molecule has 3 rings (SSSR count). The van der Waals surface area contributed by atoms with Gasteiger partial charge in [-0.15, -0.1) is 0 Å². The van der Waals surface area contributed by atoms with E-state index in [2.05, 4.69) is 4.90 Å². The molecule has 1 aromatic carbocycles. The molecule has 2 aliphatic rings. The normalized spacial score (nSPS) is 27.8. The maximum absolute atomic E-state index is 10.7. The fourth-order valence-electron chi connectivity index (χ4n) is 3.79. The minimum absolute atomic E-state index is 0.296. The van der Waals surface area contributed by atoms with Crippen LogP contribution in [0.25, 0.3) is 0 Å². The Morgan fingerprint density at radius 3 is 2.59 bits per heavy atom. The number of methoxy groups -OCH3 is 1. The van der Waals surface area contributed by atoms with Gasteiger partial charge in [-0.2, -0.15) is 0 Å². The van der Waals surface area contributed by atoms with Crippen molar-refractivity contribution in [1.29, 1.82) is 0 Å². The van der Waals surface area contributed by atoms with Gasteiger partial charge in [0.1, 0.15) is 5.75 Å². The highest BCUT2D eigenvalue weighted by Gasteiger charge is 2.40. The Bertz CT molecular complexity index is 519. The van der Waals surface area contributed by atoms with E-state index in [4.69, 9.17) is 14.6 Å². The molecule has 2 fully saturated rings. The second kappa shape index (κ2) is 6.67. The third-order valence-electron chi connectivity index (χ3n) is 4.85. The van der Waals surface area contributed by atoms with E-state index in [9.17, 15) is 4.79 Å². The van der Waals surface area contributed by atoms with Gasteiger partial charge in [0.15, 0.2) is 6.61 Å². The van der Waals surface area contributed by atoms with Crippen molar-refractivity contribution in [2.24, 2.45) is 0 Å². The molecule has 3 atom stereocenters. The molecule has 0 aliphatic carbocycles. The van der Waals surface area contributed by atoms with Gasteiger partial charge in [-0.3, -0.25) is 4.90 Å². The summed E-state index contributed by atoms with van der Waals surface area (Å²) >= 11 is 0. The molecule has 1 N–H and O–H groups in total. The average molecular weight is 305 g/mol. The van der Waals surface area contributed by atoms with E-state index in [1.54, 1.807) is 7.11 Å². The highest BCUT2D eigenvalue weighted by molar-refractivity contribution is 5.68. The monoisotopic (exact) mass is 305 g/mol. The molecule has 2 aliphatic heterocycles. The number of ether oxygens (including phenoxy) is 2. The van der Waals surface area contributed by atoms with Gasteiger partial charge >= 0.3 is 5.97 Å². The third kappa shape index (κ3) is 3.25. The molecule has 0 radical (unpaired) electrons. The number of carbonyl (C=O) groups is 1. The molecule has 0 amide bonds. The summed E-state index contributed by atoms with van der Waals surface area (Å²) in [6.45, 7) is 0.525. The first kappa shape index (κ1) is 15.3. The number of hydrogen-bond donors (Lipinski definition) is 1. The van der Waals surface area contributed by atoms with Gasteiger partial charge in [0, 0.05) is 31.3 Å². The van der Waals surface area contributed by atoms with Crippen LogP contribution in [0, 0.1) is 0 Å². The van der Waals surface area contributed by atoms with Crippen molar-refractivity contribution in [1.82, 2.24) is 4.90 Å². The quantitative estimate of drug-likeness (QED) is 0.874. The summed E-state index contributed by atoms with van der Waals surface area (Å²) < 4.78 is 11.0. The summed E-state index contributed by atoms with van der Waals surface area (Å²) in [6, 6.07) is 8.87. The lowest BCUT2D eigenvalue weighted by Gasteiger charge is -2.38. The number of piperidine rings is 1. The van der Waals surface area contributed by atoms with E-state index in [0.29, 0.717) is 23.9 Å². The molecule has 2 saturated heterocycles. The van der Waals surface area contributed by atoms with Gasteiger partial charge in [-0.05, 0) is 31.7 Å². The molecule has 2 bridgehead atoms. The molecule has 1 unspecified atom stereocenters. The zero-order valence-corrected chi connectivity index (χ0v) is 12.9. The van der Waals surface area contributed by atoms with Gasteiger partial charge in [-0.25, -0.2) is 4.79 Å². The first-order valence-electron chi connectivity index (χ1n) is 7.88. The zero-order chi connectivity index (χ0) is 15.5. The standard InChI is InChI=1S/C17H23NO4/c1-21-15-8-13-6-7-14(9-15)18(13)10-12-4-2-3-5-16(12)22-11-17(19)20/h2-5,13-15H,6-11H2,1H3,(H,19,20)/t13-,14+,15?. The Morgan fingerprint density at radius 2 is 1.95 bits per heavy atom. The summed E-state index contributed by atoms with van der Waals surface area (Å²) in [5, 5.41) is 8.79. The minimum Gasteiger partial charge on any atom is -0.482 e. The highest BCUT2D eigenvalue weighted by Crippen LogP contribution is 2.38. The average Bonchev–Trinajstić information content (AvgIpc) is 2.75. The predicted molar refractivity (Wildman–Crippen MR) is 82.0 cm³/mol. The number of benzene rings is 1. The lowest BCUT2D eigenvalue weighted by molar-refractivity contribution is -0.139. The number of aliphatic carboxylic acids is 1. The Balaban J connectivity index is 1.70. The van der Waals surface area contributed by atoms with Gasteiger partial charge in [0.05, 0.1) is 6.10 Å². The second-order valence-corrected chi connectivity index (χ2v) is 6.18. The van der Waals surface area contributed by atoms with E-state index >= 15 is 0 Å². The Morgan fingerprint density at radius 1 is 1.27 bits per heavy atom.